The minimum atomic E-state index is 0.406. The van der Waals surface area contributed by atoms with Crippen LogP contribution in [0.5, 0.6) is 0 Å². The second-order valence-corrected chi connectivity index (χ2v) is 5.57. The molecule has 3 aromatic rings. The van der Waals surface area contributed by atoms with Crippen molar-refractivity contribution >= 4 is 5.65 Å². The molecule has 3 heterocycles. The van der Waals surface area contributed by atoms with Crippen molar-refractivity contribution in [2.45, 2.75) is 33.6 Å². The van der Waals surface area contributed by atoms with Gasteiger partial charge in [-0.1, -0.05) is 19.9 Å². The summed E-state index contributed by atoms with van der Waals surface area (Å²) in [6.45, 7) is 8.51. The molecule has 0 aliphatic rings. The van der Waals surface area contributed by atoms with Gasteiger partial charge in [-0.2, -0.15) is 0 Å². The van der Waals surface area contributed by atoms with Crippen LogP contribution in [-0.2, 0) is 0 Å². The van der Waals surface area contributed by atoms with Gasteiger partial charge >= 0.3 is 0 Å². The van der Waals surface area contributed by atoms with E-state index in [4.69, 9.17) is 4.98 Å². The number of nitrogens with zero attached hydrogens (tertiary/aromatic N) is 3. The fourth-order valence-corrected chi connectivity index (χ4v) is 2.59. The molecule has 0 amide bonds. The molecule has 3 heteroatoms. The highest BCUT2D eigenvalue weighted by Gasteiger charge is 2.17. The molecule has 0 saturated heterocycles. The Morgan fingerprint density at radius 3 is 2.55 bits per heavy atom. The lowest BCUT2D eigenvalue weighted by Crippen LogP contribution is -1.97. The highest BCUT2D eigenvalue weighted by Crippen LogP contribution is 2.30. The lowest BCUT2D eigenvalue weighted by atomic mass is 10.0. The third-order valence-electron chi connectivity index (χ3n) is 3.61. The van der Waals surface area contributed by atoms with Crippen LogP contribution in [0.25, 0.3) is 16.9 Å². The first-order valence-electron chi connectivity index (χ1n) is 6.98. The van der Waals surface area contributed by atoms with Gasteiger partial charge in [0.2, 0.25) is 0 Å². The molecule has 3 rings (SSSR count). The molecule has 0 fully saturated rings. The fourth-order valence-electron chi connectivity index (χ4n) is 2.59. The number of fused-ring (bicyclic) bond motifs is 1. The van der Waals surface area contributed by atoms with Crippen LogP contribution in [0.15, 0.2) is 36.7 Å². The van der Waals surface area contributed by atoms with Gasteiger partial charge in [-0.25, -0.2) is 4.98 Å². The van der Waals surface area contributed by atoms with Crippen LogP contribution < -0.4 is 0 Å². The fraction of sp³-hybridized carbons (Fsp3) is 0.294. The van der Waals surface area contributed by atoms with Crippen LogP contribution in [0.4, 0.5) is 0 Å². The number of aryl methyl sites for hydroxylation is 2. The van der Waals surface area contributed by atoms with E-state index >= 15 is 0 Å². The van der Waals surface area contributed by atoms with E-state index in [0.717, 1.165) is 22.6 Å². The number of hydrogen-bond acceptors (Lipinski definition) is 2. The summed E-state index contributed by atoms with van der Waals surface area (Å²) >= 11 is 0. The summed E-state index contributed by atoms with van der Waals surface area (Å²) in [7, 11) is 0. The Balaban J connectivity index is 2.32. The Morgan fingerprint density at radius 2 is 1.90 bits per heavy atom. The van der Waals surface area contributed by atoms with Crippen LogP contribution in [0.3, 0.4) is 0 Å². The molecule has 0 spiro atoms. The maximum absolute atomic E-state index is 4.86. The predicted octanol–water partition coefficient (Wildman–Crippen LogP) is 4.14. The van der Waals surface area contributed by atoms with E-state index in [0.29, 0.717) is 5.92 Å². The van der Waals surface area contributed by atoms with E-state index in [1.165, 1.54) is 11.3 Å². The number of rotatable bonds is 2. The molecule has 102 valence electrons. The maximum Gasteiger partial charge on any atom is 0.140 e. The normalized spacial score (nSPS) is 11.4. The molecule has 3 aromatic heterocycles. The molecule has 0 N–H and O–H groups in total. The Bertz CT molecular complexity index is 752. The molecular weight excluding hydrogens is 246 g/mol. The van der Waals surface area contributed by atoms with Gasteiger partial charge in [-0.15, -0.1) is 0 Å². The quantitative estimate of drug-likeness (QED) is 0.697. The molecule has 0 bridgehead atoms. The third kappa shape index (κ3) is 1.99. The number of pyridine rings is 2. The van der Waals surface area contributed by atoms with Gasteiger partial charge in [0.25, 0.3) is 0 Å². The second kappa shape index (κ2) is 4.75. The van der Waals surface area contributed by atoms with Crippen molar-refractivity contribution in [3.8, 4) is 11.3 Å². The lowest BCUT2D eigenvalue weighted by Gasteiger charge is -2.08. The summed E-state index contributed by atoms with van der Waals surface area (Å²) in [5, 5.41) is 0. The van der Waals surface area contributed by atoms with Gasteiger partial charge in [0.15, 0.2) is 0 Å². The molecule has 0 unspecified atom stereocenters. The first-order valence-corrected chi connectivity index (χ1v) is 6.98. The smallest absolute Gasteiger partial charge is 0.140 e. The van der Waals surface area contributed by atoms with E-state index < -0.39 is 0 Å². The monoisotopic (exact) mass is 265 g/mol. The SMILES string of the molecule is Cc1ccc(-c2nc3c(C)cccn3c2C(C)C)cn1. The van der Waals surface area contributed by atoms with Crippen molar-refractivity contribution in [3.05, 3.63) is 53.6 Å². The molecule has 0 atom stereocenters. The van der Waals surface area contributed by atoms with Gasteiger partial charge in [-0.05, 0) is 43.5 Å². The predicted molar refractivity (Wildman–Crippen MR) is 82.0 cm³/mol. The Kier molecular flexibility index (Phi) is 3.05. The number of hydrogen-bond donors (Lipinski definition) is 0. The van der Waals surface area contributed by atoms with Crippen LogP contribution in [0.1, 0.15) is 36.7 Å². The van der Waals surface area contributed by atoms with Crippen molar-refractivity contribution in [2.75, 3.05) is 0 Å². The average molecular weight is 265 g/mol. The lowest BCUT2D eigenvalue weighted by molar-refractivity contribution is 0.810. The zero-order chi connectivity index (χ0) is 14.3. The molecule has 0 aliphatic heterocycles. The van der Waals surface area contributed by atoms with Crippen LogP contribution in [0, 0.1) is 13.8 Å². The van der Waals surface area contributed by atoms with Crippen LogP contribution in [0.2, 0.25) is 0 Å². The van der Waals surface area contributed by atoms with Crippen LogP contribution in [-0.4, -0.2) is 14.4 Å². The topological polar surface area (TPSA) is 30.2 Å². The number of imidazole rings is 1. The summed E-state index contributed by atoms with van der Waals surface area (Å²) < 4.78 is 2.20. The van der Waals surface area contributed by atoms with Gasteiger partial charge in [0.05, 0.1) is 11.4 Å². The van der Waals surface area contributed by atoms with E-state index in [-0.39, 0.29) is 0 Å². The van der Waals surface area contributed by atoms with E-state index in [2.05, 4.69) is 54.6 Å². The molecule has 0 radical (unpaired) electrons. The summed E-state index contributed by atoms with van der Waals surface area (Å²) in [4.78, 5) is 9.26. The van der Waals surface area contributed by atoms with Gasteiger partial charge in [0.1, 0.15) is 5.65 Å². The third-order valence-corrected chi connectivity index (χ3v) is 3.61. The van der Waals surface area contributed by atoms with Crippen molar-refractivity contribution < 1.29 is 0 Å². The second-order valence-electron chi connectivity index (χ2n) is 5.57. The summed E-state index contributed by atoms with van der Waals surface area (Å²) in [5.41, 5.74) is 6.63. The first-order chi connectivity index (χ1) is 9.58. The molecule has 0 aliphatic carbocycles. The summed E-state index contributed by atoms with van der Waals surface area (Å²) in [5.74, 6) is 0.406. The first kappa shape index (κ1) is 12.9. The van der Waals surface area contributed by atoms with Crippen molar-refractivity contribution in [1.29, 1.82) is 0 Å². The highest BCUT2D eigenvalue weighted by atomic mass is 15.0. The van der Waals surface area contributed by atoms with Gasteiger partial charge in [0, 0.05) is 23.7 Å². The van der Waals surface area contributed by atoms with Crippen molar-refractivity contribution in [2.24, 2.45) is 0 Å². The molecule has 20 heavy (non-hydrogen) atoms. The Labute approximate surface area is 119 Å². The molecular formula is C17H19N3. The largest absolute Gasteiger partial charge is 0.303 e. The van der Waals surface area contributed by atoms with Gasteiger partial charge in [-0.3, -0.25) is 4.98 Å². The Morgan fingerprint density at radius 1 is 1.10 bits per heavy atom. The molecule has 3 nitrogen and oxygen atoms in total. The zero-order valence-electron chi connectivity index (χ0n) is 12.4. The van der Waals surface area contributed by atoms with E-state index in [1.807, 2.05) is 19.2 Å². The highest BCUT2D eigenvalue weighted by molar-refractivity contribution is 5.68. The molecule has 0 saturated carbocycles. The maximum atomic E-state index is 4.86. The minimum absolute atomic E-state index is 0.406. The summed E-state index contributed by atoms with van der Waals surface area (Å²) in [6, 6.07) is 8.32. The van der Waals surface area contributed by atoms with E-state index in [1.54, 1.807) is 0 Å². The zero-order valence-corrected chi connectivity index (χ0v) is 12.4. The minimum Gasteiger partial charge on any atom is -0.303 e. The average Bonchev–Trinajstić information content (AvgIpc) is 2.80. The van der Waals surface area contributed by atoms with Crippen molar-refractivity contribution in [3.63, 3.8) is 0 Å². The van der Waals surface area contributed by atoms with Gasteiger partial charge < -0.3 is 4.40 Å². The molecule has 0 aromatic carbocycles. The Hall–Kier alpha value is -2.16. The summed E-state index contributed by atoms with van der Waals surface area (Å²) in [6.07, 6.45) is 4.01. The van der Waals surface area contributed by atoms with Crippen molar-refractivity contribution in [1.82, 2.24) is 14.4 Å². The standard InChI is InChI=1S/C17H19N3/c1-11(2)16-15(14-8-7-13(4)18-10-14)19-17-12(3)6-5-9-20(16)17/h5-11H,1-4H3. The van der Waals surface area contributed by atoms with E-state index in [9.17, 15) is 0 Å². The number of aromatic nitrogens is 3. The van der Waals surface area contributed by atoms with Crippen LogP contribution >= 0.6 is 0 Å².